The average Bonchev–Trinajstić information content (AvgIpc) is 3.55. The minimum Gasteiger partial charge on any atom is -0.492 e. The second-order valence-electron chi connectivity index (χ2n) is 8.69. The highest BCUT2D eigenvalue weighted by atomic mass is 16.5. The zero-order valence-corrected chi connectivity index (χ0v) is 19.9. The summed E-state index contributed by atoms with van der Waals surface area (Å²) in [6, 6.07) is 9.12. The molecule has 0 radical (unpaired) electrons. The molecule has 2 fully saturated rings. The van der Waals surface area contributed by atoms with Crippen LogP contribution in [0.3, 0.4) is 0 Å². The molecule has 0 atom stereocenters. The predicted molar refractivity (Wildman–Crippen MR) is 132 cm³/mol. The molecular formula is C25H30N6O4. The number of amides is 2. The Bertz CT molecular complexity index is 1210. The van der Waals surface area contributed by atoms with Gasteiger partial charge >= 0.3 is 0 Å². The van der Waals surface area contributed by atoms with Gasteiger partial charge in [-0.2, -0.15) is 5.10 Å². The molecule has 184 valence electrons. The van der Waals surface area contributed by atoms with Crippen LogP contribution in [0.5, 0.6) is 5.75 Å². The highest BCUT2D eigenvalue weighted by molar-refractivity contribution is 6.05. The lowest BCUT2D eigenvalue weighted by Crippen LogP contribution is -2.42. The highest BCUT2D eigenvalue weighted by Gasteiger charge is 2.20. The Labute approximate surface area is 203 Å². The molecule has 2 aromatic heterocycles. The molecule has 1 N–H and O–H groups in total. The van der Waals surface area contributed by atoms with Gasteiger partial charge in [-0.3, -0.25) is 14.3 Å². The molecule has 2 amide bonds. The Balaban J connectivity index is 1.36. The van der Waals surface area contributed by atoms with Crippen LogP contribution < -0.4 is 15.0 Å². The van der Waals surface area contributed by atoms with Gasteiger partial charge in [-0.05, 0) is 38.0 Å². The molecule has 2 saturated heterocycles. The Morgan fingerprint density at radius 3 is 2.69 bits per heavy atom. The number of carbonyl (C=O) groups excluding carboxylic acids is 2. The summed E-state index contributed by atoms with van der Waals surface area (Å²) in [6.45, 7) is 6.70. The molecule has 0 bridgehead atoms. The zero-order valence-electron chi connectivity index (χ0n) is 19.9. The number of carbonyl (C=O) groups is 2. The molecule has 4 heterocycles. The first kappa shape index (κ1) is 23.1. The van der Waals surface area contributed by atoms with Crippen molar-refractivity contribution >= 4 is 34.2 Å². The number of hydrogen-bond donors (Lipinski definition) is 1. The summed E-state index contributed by atoms with van der Waals surface area (Å²) >= 11 is 0. The molecule has 2 aliphatic heterocycles. The monoisotopic (exact) mass is 478 g/mol. The van der Waals surface area contributed by atoms with Crippen LogP contribution in [0.25, 0.3) is 10.9 Å². The standard InChI is InChI=1S/C25H30N6O4/c1-2-35-22-15-20-18(16-31(28-20)17-24(32)30-10-12-34-13-11-30)14-21(22)27-25(33)19-6-5-7-23(26-19)29-8-3-4-9-29/h5-7,14-16H,2-4,8-13,17H2,1H3,(H,27,33). The number of morpholine rings is 1. The van der Waals surface area contributed by atoms with Crippen molar-refractivity contribution in [2.45, 2.75) is 26.3 Å². The molecular weight excluding hydrogens is 448 g/mol. The quantitative estimate of drug-likeness (QED) is 0.557. The van der Waals surface area contributed by atoms with Crippen molar-refractivity contribution in [2.75, 3.05) is 56.2 Å². The molecule has 3 aromatic rings. The largest absolute Gasteiger partial charge is 0.492 e. The van der Waals surface area contributed by atoms with Crippen LogP contribution in [0.2, 0.25) is 0 Å². The topological polar surface area (TPSA) is 102 Å². The third-order valence-electron chi connectivity index (χ3n) is 6.26. The number of hydrogen-bond acceptors (Lipinski definition) is 7. The molecule has 0 unspecified atom stereocenters. The molecule has 35 heavy (non-hydrogen) atoms. The van der Waals surface area contributed by atoms with Crippen LogP contribution in [-0.2, 0) is 16.1 Å². The van der Waals surface area contributed by atoms with E-state index < -0.39 is 0 Å². The first-order valence-electron chi connectivity index (χ1n) is 12.1. The third-order valence-corrected chi connectivity index (χ3v) is 6.26. The summed E-state index contributed by atoms with van der Waals surface area (Å²) in [5.74, 6) is 1.04. The van der Waals surface area contributed by atoms with Crippen molar-refractivity contribution in [3.05, 3.63) is 42.2 Å². The minimum atomic E-state index is -0.304. The summed E-state index contributed by atoms with van der Waals surface area (Å²) in [7, 11) is 0. The number of anilines is 2. The Morgan fingerprint density at radius 2 is 1.91 bits per heavy atom. The van der Waals surface area contributed by atoms with E-state index >= 15 is 0 Å². The smallest absolute Gasteiger partial charge is 0.274 e. The average molecular weight is 479 g/mol. The molecule has 10 nitrogen and oxygen atoms in total. The molecule has 10 heteroatoms. The summed E-state index contributed by atoms with van der Waals surface area (Å²) in [4.78, 5) is 34.3. The van der Waals surface area contributed by atoms with E-state index in [1.54, 1.807) is 21.7 Å². The Morgan fingerprint density at radius 1 is 1.11 bits per heavy atom. The summed E-state index contributed by atoms with van der Waals surface area (Å²) < 4.78 is 12.7. The lowest BCUT2D eigenvalue weighted by Gasteiger charge is -2.26. The number of rotatable bonds is 7. The molecule has 0 saturated carbocycles. The van der Waals surface area contributed by atoms with Crippen LogP contribution in [0.1, 0.15) is 30.3 Å². The van der Waals surface area contributed by atoms with E-state index in [1.807, 2.05) is 31.3 Å². The van der Waals surface area contributed by atoms with Crippen LogP contribution in [0, 0.1) is 0 Å². The van der Waals surface area contributed by atoms with Crippen LogP contribution >= 0.6 is 0 Å². The van der Waals surface area contributed by atoms with E-state index in [2.05, 4.69) is 20.3 Å². The number of nitrogens with one attached hydrogen (secondary N) is 1. The van der Waals surface area contributed by atoms with Gasteiger partial charge in [0, 0.05) is 43.8 Å². The maximum atomic E-state index is 13.1. The van der Waals surface area contributed by atoms with E-state index in [0.29, 0.717) is 55.6 Å². The number of ether oxygens (including phenoxy) is 2. The normalized spacial score (nSPS) is 16.0. The van der Waals surface area contributed by atoms with Crippen molar-refractivity contribution < 1.29 is 19.1 Å². The number of nitrogens with zero attached hydrogens (tertiary/aromatic N) is 5. The van der Waals surface area contributed by atoms with Gasteiger partial charge in [-0.15, -0.1) is 0 Å². The number of aromatic nitrogens is 3. The lowest BCUT2D eigenvalue weighted by atomic mass is 10.2. The summed E-state index contributed by atoms with van der Waals surface area (Å²) in [6.07, 6.45) is 4.09. The van der Waals surface area contributed by atoms with Crippen molar-refractivity contribution in [3.8, 4) is 5.75 Å². The van der Waals surface area contributed by atoms with Crippen molar-refractivity contribution in [1.82, 2.24) is 19.7 Å². The SMILES string of the molecule is CCOc1cc2nn(CC(=O)N3CCOCC3)cc2cc1NC(=O)c1cccc(N2CCCC2)n1. The molecule has 0 aliphatic carbocycles. The van der Waals surface area contributed by atoms with Crippen LogP contribution in [0.4, 0.5) is 11.5 Å². The minimum absolute atomic E-state index is 0.00335. The van der Waals surface area contributed by atoms with Gasteiger partial charge in [-0.25, -0.2) is 4.98 Å². The lowest BCUT2D eigenvalue weighted by molar-refractivity contribution is -0.136. The van der Waals surface area contributed by atoms with Gasteiger partial charge < -0.3 is 24.6 Å². The van der Waals surface area contributed by atoms with Crippen LogP contribution in [-0.4, -0.2) is 77.5 Å². The fourth-order valence-corrected chi connectivity index (χ4v) is 4.47. The maximum absolute atomic E-state index is 13.1. The van der Waals surface area contributed by atoms with E-state index in [0.717, 1.165) is 37.1 Å². The fraction of sp³-hybridized carbons (Fsp3) is 0.440. The van der Waals surface area contributed by atoms with Gasteiger partial charge in [0.05, 0.1) is 31.0 Å². The van der Waals surface area contributed by atoms with Gasteiger partial charge in [0.1, 0.15) is 23.8 Å². The molecule has 0 spiro atoms. The Kier molecular flexibility index (Phi) is 6.80. The van der Waals surface area contributed by atoms with Gasteiger partial charge in [-0.1, -0.05) is 6.07 Å². The summed E-state index contributed by atoms with van der Waals surface area (Å²) in [5.41, 5.74) is 1.58. The molecule has 1 aromatic carbocycles. The summed E-state index contributed by atoms with van der Waals surface area (Å²) in [5, 5.41) is 8.31. The van der Waals surface area contributed by atoms with Crippen molar-refractivity contribution in [1.29, 1.82) is 0 Å². The first-order chi connectivity index (χ1) is 17.1. The molecule has 2 aliphatic rings. The maximum Gasteiger partial charge on any atom is 0.274 e. The van der Waals surface area contributed by atoms with Crippen LogP contribution in [0.15, 0.2) is 36.5 Å². The highest BCUT2D eigenvalue weighted by Crippen LogP contribution is 2.31. The van der Waals surface area contributed by atoms with Gasteiger partial charge in [0.15, 0.2) is 0 Å². The fourth-order valence-electron chi connectivity index (χ4n) is 4.47. The number of benzene rings is 1. The Hall–Kier alpha value is -3.66. The predicted octanol–water partition coefficient (Wildman–Crippen LogP) is 2.54. The van der Waals surface area contributed by atoms with E-state index in [1.165, 1.54) is 0 Å². The third kappa shape index (κ3) is 5.22. The van der Waals surface area contributed by atoms with Gasteiger partial charge in [0.2, 0.25) is 5.91 Å². The van der Waals surface area contributed by atoms with E-state index in [-0.39, 0.29) is 18.4 Å². The molecule has 5 rings (SSSR count). The first-order valence-corrected chi connectivity index (χ1v) is 12.1. The second kappa shape index (κ2) is 10.3. The second-order valence-corrected chi connectivity index (χ2v) is 8.69. The van der Waals surface area contributed by atoms with E-state index in [9.17, 15) is 9.59 Å². The van der Waals surface area contributed by atoms with Gasteiger partial charge in [0.25, 0.3) is 5.91 Å². The van der Waals surface area contributed by atoms with E-state index in [4.69, 9.17) is 9.47 Å². The number of pyridine rings is 1. The zero-order chi connectivity index (χ0) is 24.2. The van der Waals surface area contributed by atoms with Crippen molar-refractivity contribution in [2.24, 2.45) is 0 Å². The number of fused-ring (bicyclic) bond motifs is 1. The van der Waals surface area contributed by atoms with Crippen molar-refractivity contribution in [3.63, 3.8) is 0 Å².